The lowest BCUT2D eigenvalue weighted by molar-refractivity contribution is 0.0597. The highest BCUT2D eigenvalue weighted by molar-refractivity contribution is 14.1. The summed E-state index contributed by atoms with van der Waals surface area (Å²) < 4.78 is 5.44. The van der Waals surface area contributed by atoms with Crippen molar-refractivity contribution in [2.45, 2.75) is 6.92 Å². The van der Waals surface area contributed by atoms with E-state index in [1.807, 2.05) is 6.92 Å². The topological polar surface area (TPSA) is 46.5 Å². The van der Waals surface area contributed by atoms with Gasteiger partial charge in [-0.05, 0) is 47.2 Å². The van der Waals surface area contributed by atoms with E-state index in [4.69, 9.17) is 0 Å². The fourth-order valence-corrected chi connectivity index (χ4v) is 1.41. The number of phenolic OH excluding ortho intramolecular Hbond substituents is 1. The first-order valence-corrected chi connectivity index (χ1v) is 4.71. The number of benzene rings is 1. The predicted octanol–water partition coefficient (Wildman–Crippen LogP) is 2.09. The van der Waals surface area contributed by atoms with Crippen LogP contribution >= 0.6 is 22.6 Å². The Kier molecular flexibility index (Phi) is 3.13. The third-order valence-electron chi connectivity index (χ3n) is 1.68. The van der Waals surface area contributed by atoms with E-state index in [-0.39, 0.29) is 11.3 Å². The van der Waals surface area contributed by atoms with Gasteiger partial charge in [0.25, 0.3) is 0 Å². The SMILES string of the molecule is COC(=O)c1cc(I)c(C)cc1O. The first kappa shape index (κ1) is 10.3. The molecular weight excluding hydrogens is 283 g/mol. The van der Waals surface area contributed by atoms with Crippen molar-refractivity contribution >= 4 is 28.6 Å². The van der Waals surface area contributed by atoms with Gasteiger partial charge in [-0.25, -0.2) is 4.79 Å². The number of hydrogen-bond donors (Lipinski definition) is 1. The molecule has 0 aliphatic heterocycles. The Morgan fingerprint density at radius 3 is 2.69 bits per heavy atom. The monoisotopic (exact) mass is 292 g/mol. The van der Waals surface area contributed by atoms with Crippen LogP contribution < -0.4 is 0 Å². The average Bonchev–Trinajstić information content (AvgIpc) is 2.10. The van der Waals surface area contributed by atoms with Crippen LogP contribution in [0.15, 0.2) is 12.1 Å². The number of hydrogen-bond acceptors (Lipinski definition) is 3. The highest BCUT2D eigenvalue weighted by atomic mass is 127. The molecule has 0 heterocycles. The van der Waals surface area contributed by atoms with Crippen molar-refractivity contribution in [2.75, 3.05) is 7.11 Å². The van der Waals surface area contributed by atoms with E-state index in [9.17, 15) is 9.90 Å². The molecule has 0 aliphatic carbocycles. The van der Waals surface area contributed by atoms with Gasteiger partial charge >= 0.3 is 5.97 Å². The Morgan fingerprint density at radius 2 is 2.15 bits per heavy atom. The van der Waals surface area contributed by atoms with Gasteiger partial charge in [0.2, 0.25) is 0 Å². The lowest BCUT2D eigenvalue weighted by Crippen LogP contribution is -2.02. The number of aryl methyl sites for hydroxylation is 1. The van der Waals surface area contributed by atoms with Crippen LogP contribution in [0.4, 0.5) is 0 Å². The van der Waals surface area contributed by atoms with E-state index in [1.165, 1.54) is 7.11 Å². The summed E-state index contributed by atoms with van der Waals surface area (Å²) in [5.74, 6) is -0.555. The molecular formula is C9H9IO3. The van der Waals surface area contributed by atoms with E-state index < -0.39 is 5.97 Å². The quantitative estimate of drug-likeness (QED) is 0.637. The first-order chi connectivity index (χ1) is 6.06. The zero-order valence-electron chi connectivity index (χ0n) is 7.30. The maximum atomic E-state index is 11.1. The standard InChI is InChI=1S/C9H9IO3/c1-5-3-8(11)6(4-7(5)10)9(12)13-2/h3-4,11H,1-2H3. The highest BCUT2D eigenvalue weighted by Crippen LogP contribution is 2.23. The lowest BCUT2D eigenvalue weighted by Gasteiger charge is -2.05. The second kappa shape index (κ2) is 3.95. The molecule has 1 aromatic rings. The number of aromatic hydroxyl groups is 1. The van der Waals surface area contributed by atoms with Gasteiger partial charge in [-0.3, -0.25) is 0 Å². The molecule has 0 amide bonds. The number of methoxy groups -OCH3 is 1. The number of esters is 1. The molecule has 3 nitrogen and oxygen atoms in total. The smallest absolute Gasteiger partial charge is 0.341 e. The molecule has 0 spiro atoms. The molecule has 0 unspecified atom stereocenters. The molecule has 70 valence electrons. The number of halogens is 1. The first-order valence-electron chi connectivity index (χ1n) is 3.63. The van der Waals surface area contributed by atoms with Crippen LogP contribution in [-0.2, 0) is 4.74 Å². The van der Waals surface area contributed by atoms with E-state index in [2.05, 4.69) is 27.3 Å². The fourth-order valence-electron chi connectivity index (χ4n) is 0.940. The minimum atomic E-state index is -0.518. The zero-order valence-corrected chi connectivity index (χ0v) is 9.45. The largest absolute Gasteiger partial charge is 0.507 e. The number of phenols is 1. The van der Waals surface area contributed by atoms with Crippen LogP contribution in [0.1, 0.15) is 15.9 Å². The molecule has 0 bridgehead atoms. The van der Waals surface area contributed by atoms with E-state index in [1.54, 1.807) is 12.1 Å². The maximum absolute atomic E-state index is 11.1. The number of rotatable bonds is 1. The fraction of sp³-hybridized carbons (Fsp3) is 0.222. The summed E-state index contributed by atoms with van der Waals surface area (Å²) in [7, 11) is 1.29. The summed E-state index contributed by atoms with van der Waals surface area (Å²) in [4.78, 5) is 11.1. The Balaban J connectivity index is 3.23. The van der Waals surface area contributed by atoms with Crippen LogP contribution in [0.2, 0.25) is 0 Å². The third-order valence-corrected chi connectivity index (χ3v) is 2.84. The minimum Gasteiger partial charge on any atom is -0.507 e. The molecule has 13 heavy (non-hydrogen) atoms. The van der Waals surface area contributed by atoms with Crippen molar-refractivity contribution in [2.24, 2.45) is 0 Å². The van der Waals surface area contributed by atoms with Gasteiger partial charge in [0.15, 0.2) is 0 Å². The molecule has 4 heteroatoms. The molecule has 0 radical (unpaired) electrons. The average molecular weight is 292 g/mol. The second-order valence-electron chi connectivity index (χ2n) is 2.61. The molecule has 0 saturated heterocycles. The van der Waals surface area contributed by atoms with Gasteiger partial charge in [0, 0.05) is 3.57 Å². The van der Waals surface area contributed by atoms with Gasteiger partial charge in [0.05, 0.1) is 7.11 Å². The van der Waals surface area contributed by atoms with Crippen molar-refractivity contribution in [3.8, 4) is 5.75 Å². The summed E-state index contributed by atoms with van der Waals surface area (Å²) in [5.41, 5.74) is 1.14. The minimum absolute atomic E-state index is 0.0373. The van der Waals surface area contributed by atoms with Gasteiger partial charge in [-0.2, -0.15) is 0 Å². The highest BCUT2D eigenvalue weighted by Gasteiger charge is 2.12. The normalized spacial score (nSPS) is 9.77. The van der Waals surface area contributed by atoms with Gasteiger partial charge in [0.1, 0.15) is 11.3 Å². The van der Waals surface area contributed by atoms with Crippen LogP contribution in [-0.4, -0.2) is 18.2 Å². The van der Waals surface area contributed by atoms with Crippen LogP contribution in [0.3, 0.4) is 0 Å². The molecule has 1 N–H and O–H groups in total. The van der Waals surface area contributed by atoms with Gasteiger partial charge in [-0.1, -0.05) is 0 Å². The van der Waals surface area contributed by atoms with Crippen molar-refractivity contribution in [1.29, 1.82) is 0 Å². The summed E-state index contributed by atoms with van der Waals surface area (Å²) in [5, 5.41) is 9.41. The second-order valence-corrected chi connectivity index (χ2v) is 3.77. The predicted molar refractivity (Wildman–Crippen MR) is 56.9 cm³/mol. The van der Waals surface area contributed by atoms with Gasteiger partial charge < -0.3 is 9.84 Å². The molecule has 0 saturated carbocycles. The van der Waals surface area contributed by atoms with Crippen LogP contribution in [0.25, 0.3) is 0 Å². The van der Waals surface area contributed by atoms with Crippen LogP contribution in [0.5, 0.6) is 5.75 Å². The Bertz CT molecular complexity index is 347. The molecule has 0 aromatic heterocycles. The van der Waals surface area contributed by atoms with Crippen LogP contribution in [0, 0.1) is 10.5 Å². The van der Waals surface area contributed by atoms with E-state index in [0.717, 1.165) is 9.13 Å². The van der Waals surface area contributed by atoms with E-state index in [0.29, 0.717) is 0 Å². The van der Waals surface area contributed by atoms with E-state index >= 15 is 0 Å². The summed E-state index contributed by atoms with van der Waals surface area (Å²) in [6.07, 6.45) is 0. The Morgan fingerprint density at radius 1 is 1.54 bits per heavy atom. The number of carbonyl (C=O) groups is 1. The van der Waals surface area contributed by atoms with Gasteiger partial charge in [-0.15, -0.1) is 0 Å². The summed E-state index contributed by atoms with van der Waals surface area (Å²) >= 11 is 2.10. The van der Waals surface area contributed by atoms with Crippen molar-refractivity contribution in [1.82, 2.24) is 0 Å². The molecule has 0 aliphatic rings. The molecule has 0 atom stereocenters. The Hall–Kier alpha value is -0.780. The third kappa shape index (κ3) is 2.12. The van der Waals surface area contributed by atoms with Crippen molar-refractivity contribution in [3.05, 3.63) is 26.8 Å². The number of carbonyl (C=O) groups excluding carboxylic acids is 1. The Labute approximate surface area is 89.9 Å². The molecule has 1 rings (SSSR count). The maximum Gasteiger partial charge on any atom is 0.341 e. The molecule has 0 fully saturated rings. The van der Waals surface area contributed by atoms with Crippen molar-refractivity contribution < 1.29 is 14.6 Å². The zero-order chi connectivity index (χ0) is 10.0. The summed E-state index contributed by atoms with van der Waals surface area (Å²) in [6.45, 7) is 1.86. The molecule has 1 aromatic carbocycles. The summed E-state index contributed by atoms with van der Waals surface area (Å²) in [6, 6.07) is 3.16. The van der Waals surface area contributed by atoms with Crippen molar-refractivity contribution in [3.63, 3.8) is 0 Å². The number of ether oxygens (including phenoxy) is 1. The lowest BCUT2D eigenvalue weighted by atomic mass is 10.1.